The van der Waals surface area contributed by atoms with Crippen LogP contribution < -0.4 is 5.32 Å². The molecule has 1 N–H and O–H groups in total. The summed E-state index contributed by atoms with van der Waals surface area (Å²) in [5.74, 6) is -2.53. The number of alkyl halides is 4. The molecule has 1 aromatic rings. The summed E-state index contributed by atoms with van der Waals surface area (Å²) in [6.07, 6.45) is -4.68. The maximum absolute atomic E-state index is 12.0. The average Bonchev–Trinajstić information content (AvgIpc) is 2.61. The van der Waals surface area contributed by atoms with Gasteiger partial charge in [-0.1, -0.05) is 5.16 Å². The number of nitrogens with zero attached hydrogens (tertiary/aromatic N) is 2. The zero-order chi connectivity index (χ0) is 11.5. The van der Waals surface area contributed by atoms with Gasteiger partial charge in [-0.15, -0.1) is 11.6 Å². The Labute approximate surface area is 86.6 Å². The number of nitrogens with one attached hydrogen (secondary N) is 1. The normalized spacial score (nSPS) is 11.5. The summed E-state index contributed by atoms with van der Waals surface area (Å²) in [6, 6.07) is 0. The highest BCUT2D eigenvalue weighted by Gasteiger charge is 2.38. The number of rotatable bonds is 3. The molecule has 0 radical (unpaired) electrons. The third-order valence-electron chi connectivity index (χ3n) is 1.28. The Kier molecular flexibility index (Phi) is 3.51. The fraction of sp³-hybridized carbons (Fsp3) is 0.500. The Morgan fingerprint density at radius 1 is 1.53 bits per heavy atom. The molecule has 1 rings (SSSR count). The highest BCUT2D eigenvalue weighted by Crippen LogP contribution is 2.27. The average molecular weight is 244 g/mol. The van der Waals surface area contributed by atoms with E-state index in [0.29, 0.717) is 0 Å². The molecule has 0 aromatic carbocycles. The van der Waals surface area contributed by atoms with E-state index in [1.807, 2.05) is 0 Å². The lowest BCUT2D eigenvalue weighted by Gasteiger charge is -1.97. The van der Waals surface area contributed by atoms with Crippen LogP contribution in [0.2, 0.25) is 0 Å². The predicted octanol–water partition coefficient (Wildman–Crippen LogP) is 0.943. The first-order valence-electron chi connectivity index (χ1n) is 3.66. The molecule has 0 aliphatic rings. The van der Waals surface area contributed by atoms with Crippen molar-refractivity contribution in [3.8, 4) is 0 Å². The molecule has 0 aliphatic heterocycles. The van der Waals surface area contributed by atoms with Gasteiger partial charge in [0, 0.05) is 0 Å². The minimum atomic E-state index is -4.68. The summed E-state index contributed by atoms with van der Waals surface area (Å²) >= 11 is 5.14. The number of carbonyl (C=O) groups is 1. The van der Waals surface area contributed by atoms with Crippen LogP contribution in [0.1, 0.15) is 11.7 Å². The molecule has 0 fully saturated rings. The van der Waals surface area contributed by atoms with Gasteiger partial charge in [0.05, 0.1) is 6.54 Å². The SMILES string of the molecule is O=C(CCl)NCc1noc(C(F)(F)F)n1. The molecule has 0 bridgehead atoms. The van der Waals surface area contributed by atoms with Gasteiger partial charge in [-0.2, -0.15) is 18.2 Å². The molecule has 1 heterocycles. The van der Waals surface area contributed by atoms with Crippen molar-refractivity contribution in [2.75, 3.05) is 5.88 Å². The van der Waals surface area contributed by atoms with Crippen molar-refractivity contribution in [3.63, 3.8) is 0 Å². The van der Waals surface area contributed by atoms with Crippen molar-refractivity contribution >= 4 is 17.5 Å². The zero-order valence-corrected chi connectivity index (χ0v) is 7.89. The number of carbonyl (C=O) groups excluding carboxylic acids is 1. The van der Waals surface area contributed by atoms with Gasteiger partial charge in [-0.3, -0.25) is 4.79 Å². The van der Waals surface area contributed by atoms with Crippen LogP contribution in [0.25, 0.3) is 0 Å². The molecule has 0 atom stereocenters. The van der Waals surface area contributed by atoms with Gasteiger partial charge in [-0.05, 0) is 0 Å². The highest BCUT2D eigenvalue weighted by atomic mass is 35.5. The minimum absolute atomic E-state index is 0.259. The van der Waals surface area contributed by atoms with Crippen molar-refractivity contribution in [2.24, 2.45) is 0 Å². The van der Waals surface area contributed by atoms with Crippen molar-refractivity contribution < 1.29 is 22.5 Å². The summed E-state index contributed by atoms with van der Waals surface area (Å²) < 4.78 is 39.8. The quantitative estimate of drug-likeness (QED) is 0.803. The first-order valence-corrected chi connectivity index (χ1v) is 4.19. The van der Waals surface area contributed by atoms with Crippen LogP contribution in [-0.4, -0.2) is 21.9 Å². The van der Waals surface area contributed by atoms with E-state index in [1.54, 1.807) is 0 Å². The van der Waals surface area contributed by atoms with E-state index < -0.39 is 18.0 Å². The number of aromatic nitrogens is 2. The third-order valence-corrected chi connectivity index (χ3v) is 1.52. The van der Waals surface area contributed by atoms with Crippen LogP contribution in [0.15, 0.2) is 4.52 Å². The monoisotopic (exact) mass is 243 g/mol. The fourth-order valence-electron chi connectivity index (χ4n) is 0.666. The summed E-state index contributed by atoms with van der Waals surface area (Å²) in [6.45, 7) is -0.259. The lowest BCUT2D eigenvalue weighted by molar-refractivity contribution is -0.159. The van der Waals surface area contributed by atoms with E-state index in [4.69, 9.17) is 11.6 Å². The largest absolute Gasteiger partial charge is 0.471 e. The van der Waals surface area contributed by atoms with Gasteiger partial charge in [0.15, 0.2) is 5.82 Å². The van der Waals surface area contributed by atoms with Crippen LogP contribution >= 0.6 is 11.6 Å². The molecule has 1 aromatic heterocycles. The van der Waals surface area contributed by atoms with Gasteiger partial charge in [-0.25, -0.2) is 0 Å². The van der Waals surface area contributed by atoms with Gasteiger partial charge in [0.25, 0.3) is 0 Å². The van der Waals surface area contributed by atoms with Crippen LogP contribution in [0.3, 0.4) is 0 Å². The lowest BCUT2D eigenvalue weighted by atomic mass is 10.5. The maximum atomic E-state index is 12.0. The summed E-state index contributed by atoms with van der Waals surface area (Å²) in [5.41, 5.74) is 0. The predicted molar refractivity (Wildman–Crippen MR) is 41.9 cm³/mol. The molecule has 0 spiro atoms. The second kappa shape index (κ2) is 4.47. The van der Waals surface area contributed by atoms with Gasteiger partial charge < -0.3 is 9.84 Å². The lowest BCUT2D eigenvalue weighted by Crippen LogP contribution is -2.24. The van der Waals surface area contributed by atoms with E-state index in [9.17, 15) is 18.0 Å². The molecule has 9 heteroatoms. The first kappa shape index (κ1) is 11.8. The Hall–Kier alpha value is -1.31. The molecule has 0 saturated carbocycles. The number of hydrogen-bond acceptors (Lipinski definition) is 4. The third kappa shape index (κ3) is 3.39. The number of hydrogen-bond donors (Lipinski definition) is 1. The molecular formula is C6H5ClF3N3O2. The maximum Gasteiger partial charge on any atom is 0.471 e. The Balaban J connectivity index is 2.58. The molecule has 84 valence electrons. The highest BCUT2D eigenvalue weighted by molar-refractivity contribution is 6.27. The molecule has 0 aliphatic carbocycles. The van der Waals surface area contributed by atoms with E-state index in [2.05, 4.69) is 20.0 Å². The van der Waals surface area contributed by atoms with Crippen molar-refractivity contribution in [1.29, 1.82) is 0 Å². The topological polar surface area (TPSA) is 68.0 Å². The molecule has 5 nitrogen and oxygen atoms in total. The second-order valence-electron chi connectivity index (χ2n) is 2.42. The Bertz CT molecular complexity index is 352. The van der Waals surface area contributed by atoms with Gasteiger partial charge in [0.2, 0.25) is 5.91 Å². The smallest absolute Gasteiger partial charge is 0.348 e. The molecule has 1 amide bonds. The summed E-state index contributed by atoms with van der Waals surface area (Å²) in [7, 11) is 0. The van der Waals surface area contributed by atoms with Crippen LogP contribution in [0, 0.1) is 0 Å². The Morgan fingerprint density at radius 3 is 2.67 bits per heavy atom. The zero-order valence-electron chi connectivity index (χ0n) is 7.14. The van der Waals surface area contributed by atoms with Crippen LogP contribution in [0.4, 0.5) is 13.2 Å². The molecule has 0 saturated heterocycles. The van der Waals surface area contributed by atoms with E-state index in [-0.39, 0.29) is 18.2 Å². The summed E-state index contributed by atoms with van der Waals surface area (Å²) in [4.78, 5) is 13.7. The minimum Gasteiger partial charge on any atom is -0.348 e. The first-order chi connectivity index (χ1) is 6.93. The second-order valence-corrected chi connectivity index (χ2v) is 2.69. The van der Waals surface area contributed by atoms with E-state index in [1.165, 1.54) is 0 Å². The Morgan fingerprint density at radius 2 is 2.20 bits per heavy atom. The van der Waals surface area contributed by atoms with E-state index in [0.717, 1.165) is 0 Å². The van der Waals surface area contributed by atoms with Crippen LogP contribution in [-0.2, 0) is 17.5 Å². The van der Waals surface area contributed by atoms with Gasteiger partial charge in [0.1, 0.15) is 5.88 Å². The number of amides is 1. The van der Waals surface area contributed by atoms with Crippen molar-refractivity contribution in [1.82, 2.24) is 15.5 Å². The fourth-order valence-corrected chi connectivity index (χ4v) is 0.760. The van der Waals surface area contributed by atoms with Crippen molar-refractivity contribution in [3.05, 3.63) is 11.7 Å². The van der Waals surface area contributed by atoms with Crippen molar-refractivity contribution in [2.45, 2.75) is 12.7 Å². The molecular weight excluding hydrogens is 239 g/mol. The molecule has 15 heavy (non-hydrogen) atoms. The molecule has 0 unspecified atom stereocenters. The van der Waals surface area contributed by atoms with Crippen LogP contribution in [0.5, 0.6) is 0 Å². The summed E-state index contributed by atoms with van der Waals surface area (Å²) in [5, 5.41) is 5.22. The number of halogens is 4. The van der Waals surface area contributed by atoms with E-state index >= 15 is 0 Å². The van der Waals surface area contributed by atoms with Gasteiger partial charge >= 0.3 is 12.1 Å². The standard InChI is InChI=1S/C6H5ClF3N3O2/c7-1-4(14)11-2-3-12-5(15-13-3)6(8,9)10/h1-2H2,(H,11,14).